The summed E-state index contributed by atoms with van der Waals surface area (Å²) in [5, 5.41) is 12.6. The van der Waals surface area contributed by atoms with Gasteiger partial charge in [0.25, 0.3) is 0 Å². The highest BCUT2D eigenvalue weighted by molar-refractivity contribution is 7.98. The monoisotopic (exact) mass is 461 g/mol. The van der Waals surface area contributed by atoms with E-state index >= 15 is 0 Å². The molecule has 9 heteroatoms. The van der Waals surface area contributed by atoms with Gasteiger partial charge >= 0.3 is 0 Å². The summed E-state index contributed by atoms with van der Waals surface area (Å²) in [4.78, 5) is 8.93. The Labute approximate surface area is 193 Å². The van der Waals surface area contributed by atoms with Gasteiger partial charge in [-0.15, -0.1) is 21.5 Å². The van der Waals surface area contributed by atoms with Crippen LogP contribution >= 0.6 is 23.1 Å². The lowest BCUT2D eigenvalue weighted by Gasteiger charge is -2.11. The van der Waals surface area contributed by atoms with Crippen LogP contribution in [0.2, 0.25) is 0 Å². The normalized spacial score (nSPS) is 11.0. The second kappa shape index (κ2) is 9.37. The van der Waals surface area contributed by atoms with Gasteiger partial charge in [-0.25, -0.2) is 4.98 Å². The van der Waals surface area contributed by atoms with E-state index in [1.807, 2.05) is 65.4 Å². The van der Waals surface area contributed by atoms with E-state index in [9.17, 15) is 0 Å². The Balaban J connectivity index is 1.45. The van der Waals surface area contributed by atoms with E-state index in [4.69, 9.17) is 9.15 Å². The molecule has 4 aromatic heterocycles. The SMILES string of the molecule is CCOc1ccc(-n2c(SCc3csc(-c4ccco4)n3)nnc2-c2cccnc2)cc1. The molecule has 5 aromatic rings. The largest absolute Gasteiger partial charge is 0.494 e. The second-order valence-electron chi connectivity index (χ2n) is 6.72. The average molecular weight is 462 g/mol. The molecule has 0 aliphatic carbocycles. The van der Waals surface area contributed by atoms with E-state index in [0.29, 0.717) is 12.4 Å². The van der Waals surface area contributed by atoms with E-state index in [1.54, 1.807) is 41.8 Å². The molecule has 0 atom stereocenters. The molecular weight excluding hydrogens is 442 g/mol. The van der Waals surface area contributed by atoms with Crippen LogP contribution in [0.4, 0.5) is 0 Å². The van der Waals surface area contributed by atoms with Crippen LogP contribution in [0.5, 0.6) is 5.75 Å². The maximum atomic E-state index is 5.59. The van der Waals surface area contributed by atoms with Gasteiger partial charge in [0.15, 0.2) is 21.7 Å². The number of thiazole rings is 1. The van der Waals surface area contributed by atoms with Gasteiger partial charge in [0, 0.05) is 34.8 Å². The lowest BCUT2D eigenvalue weighted by molar-refractivity contribution is 0.340. The summed E-state index contributed by atoms with van der Waals surface area (Å²) >= 11 is 3.15. The van der Waals surface area contributed by atoms with Crippen molar-refractivity contribution in [3.05, 3.63) is 78.3 Å². The Hall–Kier alpha value is -3.43. The van der Waals surface area contributed by atoms with Gasteiger partial charge in [-0.3, -0.25) is 9.55 Å². The zero-order valence-corrected chi connectivity index (χ0v) is 18.8. The molecule has 0 N–H and O–H groups in total. The minimum atomic E-state index is 0.627. The zero-order valence-electron chi connectivity index (χ0n) is 17.2. The van der Waals surface area contributed by atoms with Gasteiger partial charge in [0.05, 0.1) is 18.6 Å². The summed E-state index contributed by atoms with van der Waals surface area (Å²) in [7, 11) is 0. The van der Waals surface area contributed by atoms with E-state index < -0.39 is 0 Å². The van der Waals surface area contributed by atoms with Crippen molar-refractivity contribution in [1.29, 1.82) is 0 Å². The van der Waals surface area contributed by atoms with Crippen molar-refractivity contribution in [1.82, 2.24) is 24.7 Å². The van der Waals surface area contributed by atoms with Crippen LogP contribution in [-0.2, 0) is 5.75 Å². The third-order valence-corrected chi connectivity index (χ3v) is 6.46. The Bertz CT molecular complexity index is 1280. The van der Waals surface area contributed by atoms with Crippen LogP contribution in [-0.4, -0.2) is 31.3 Å². The summed E-state index contributed by atoms with van der Waals surface area (Å²) < 4.78 is 13.1. The molecule has 0 saturated carbocycles. The van der Waals surface area contributed by atoms with Crippen LogP contribution in [0, 0.1) is 0 Å². The number of thioether (sulfide) groups is 1. The van der Waals surface area contributed by atoms with Crippen LogP contribution < -0.4 is 4.74 Å². The highest BCUT2D eigenvalue weighted by atomic mass is 32.2. The van der Waals surface area contributed by atoms with Gasteiger partial charge in [-0.05, 0) is 55.5 Å². The summed E-state index contributed by atoms with van der Waals surface area (Å²) in [6.45, 7) is 2.60. The van der Waals surface area contributed by atoms with Crippen molar-refractivity contribution >= 4 is 23.1 Å². The molecule has 0 spiro atoms. The quantitative estimate of drug-likeness (QED) is 0.273. The molecule has 0 fully saturated rings. The third-order valence-electron chi connectivity index (χ3n) is 4.59. The Kier molecular flexibility index (Phi) is 6.00. The highest BCUT2D eigenvalue weighted by Gasteiger charge is 2.17. The Morgan fingerprint density at radius 2 is 2.00 bits per heavy atom. The summed E-state index contributed by atoms with van der Waals surface area (Å²) in [6, 6.07) is 15.6. The van der Waals surface area contributed by atoms with Gasteiger partial charge in [0.2, 0.25) is 0 Å². The molecule has 0 radical (unpaired) electrons. The maximum Gasteiger partial charge on any atom is 0.196 e. The fraction of sp³-hybridized carbons (Fsp3) is 0.130. The number of aromatic nitrogens is 5. The first-order valence-electron chi connectivity index (χ1n) is 10.0. The van der Waals surface area contributed by atoms with E-state index in [2.05, 4.69) is 20.2 Å². The standard InChI is InChI=1S/C23H19N5O2S2/c1-2-29-19-9-7-18(8-10-19)28-21(16-5-3-11-24-13-16)26-27-23(28)32-15-17-14-31-22(25-17)20-6-4-12-30-20/h3-14H,2,15H2,1H3. The fourth-order valence-corrected chi connectivity index (χ4v) is 4.90. The lowest BCUT2D eigenvalue weighted by atomic mass is 10.2. The zero-order chi connectivity index (χ0) is 21.8. The van der Waals surface area contributed by atoms with Crippen molar-refractivity contribution in [3.8, 4) is 33.6 Å². The van der Waals surface area contributed by atoms with Gasteiger partial charge in [-0.2, -0.15) is 0 Å². The van der Waals surface area contributed by atoms with Crippen molar-refractivity contribution in [2.24, 2.45) is 0 Å². The van der Waals surface area contributed by atoms with E-state index in [-0.39, 0.29) is 0 Å². The number of rotatable bonds is 8. The lowest BCUT2D eigenvalue weighted by Crippen LogP contribution is -2.00. The predicted octanol–water partition coefficient (Wildman–Crippen LogP) is 5.74. The minimum Gasteiger partial charge on any atom is -0.494 e. The molecule has 1 aromatic carbocycles. The molecule has 4 heterocycles. The number of hydrogen-bond donors (Lipinski definition) is 0. The molecule has 5 rings (SSSR count). The Morgan fingerprint density at radius 1 is 1.09 bits per heavy atom. The maximum absolute atomic E-state index is 5.59. The van der Waals surface area contributed by atoms with Crippen molar-refractivity contribution < 1.29 is 9.15 Å². The van der Waals surface area contributed by atoms with Crippen LogP contribution in [0.15, 0.2) is 82.1 Å². The van der Waals surface area contributed by atoms with Crippen LogP contribution in [0.3, 0.4) is 0 Å². The summed E-state index contributed by atoms with van der Waals surface area (Å²) in [6.07, 6.45) is 5.19. The van der Waals surface area contributed by atoms with Crippen molar-refractivity contribution in [2.45, 2.75) is 17.8 Å². The molecule has 7 nitrogen and oxygen atoms in total. The topological polar surface area (TPSA) is 78.9 Å². The summed E-state index contributed by atoms with van der Waals surface area (Å²) in [5.74, 6) is 3.01. The van der Waals surface area contributed by atoms with Gasteiger partial charge in [-0.1, -0.05) is 11.8 Å². The first kappa shape index (κ1) is 20.5. The van der Waals surface area contributed by atoms with E-state index in [0.717, 1.165) is 44.4 Å². The minimum absolute atomic E-state index is 0.627. The van der Waals surface area contributed by atoms with Gasteiger partial charge < -0.3 is 9.15 Å². The number of benzene rings is 1. The average Bonchev–Trinajstić information content (AvgIpc) is 3.59. The molecule has 160 valence electrons. The number of pyridine rings is 1. The summed E-state index contributed by atoms with van der Waals surface area (Å²) in [5.41, 5.74) is 2.82. The van der Waals surface area contributed by atoms with Crippen LogP contribution in [0.1, 0.15) is 12.6 Å². The van der Waals surface area contributed by atoms with Crippen molar-refractivity contribution in [3.63, 3.8) is 0 Å². The number of ether oxygens (including phenoxy) is 1. The predicted molar refractivity (Wildman–Crippen MR) is 125 cm³/mol. The van der Waals surface area contributed by atoms with Crippen LogP contribution in [0.25, 0.3) is 27.8 Å². The molecule has 0 amide bonds. The Morgan fingerprint density at radius 3 is 2.75 bits per heavy atom. The first-order valence-corrected chi connectivity index (χ1v) is 11.9. The first-order chi connectivity index (χ1) is 15.8. The third kappa shape index (κ3) is 4.30. The molecule has 32 heavy (non-hydrogen) atoms. The highest BCUT2D eigenvalue weighted by Crippen LogP contribution is 2.31. The molecule has 0 aliphatic rings. The molecule has 0 bridgehead atoms. The van der Waals surface area contributed by atoms with Gasteiger partial charge in [0.1, 0.15) is 5.75 Å². The number of nitrogens with zero attached hydrogens (tertiary/aromatic N) is 5. The molecule has 0 aliphatic heterocycles. The molecule has 0 unspecified atom stereocenters. The number of furan rings is 1. The smallest absolute Gasteiger partial charge is 0.196 e. The fourth-order valence-electron chi connectivity index (χ4n) is 3.16. The molecular formula is C23H19N5O2S2. The van der Waals surface area contributed by atoms with E-state index in [1.165, 1.54) is 0 Å². The number of hydrogen-bond acceptors (Lipinski definition) is 8. The van der Waals surface area contributed by atoms with Crippen molar-refractivity contribution in [2.75, 3.05) is 6.61 Å². The molecule has 0 saturated heterocycles. The second-order valence-corrected chi connectivity index (χ2v) is 8.52.